The first kappa shape index (κ1) is 93.9. The molecule has 4 heterocycles. The second-order valence-corrected chi connectivity index (χ2v) is 53.4. The normalized spacial score (nSPS) is 21.0. The fraction of sp³-hybridized carbons (Fsp3) is 0.389. The number of ether oxygens (including phenoxy) is 4. The number of halogens is 7. The van der Waals surface area contributed by atoms with Crippen molar-refractivity contribution in [2.75, 3.05) is 0 Å². The minimum Gasteiger partial charge on any atom is -0.395 e. The molecule has 0 N–H and O–H groups in total. The number of benzene rings is 11. The third-order valence-corrected chi connectivity index (χ3v) is 45.5. The van der Waals surface area contributed by atoms with Crippen LogP contribution < -0.4 is 66.7 Å². The van der Waals surface area contributed by atoms with E-state index in [0.717, 1.165) is 55.6 Å². The van der Waals surface area contributed by atoms with Crippen molar-refractivity contribution in [1.29, 1.82) is 0 Å². The molecule has 0 aromatic heterocycles. The zero-order valence-electron chi connectivity index (χ0n) is 74.2. The first-order valence-corrected chi connectivity index (χ1v) is 54.1. The molecule has 4 aliphatic carbocycles. The first-order chi connectivity index (χ1) is 60.1. The standard InChI is InChI=1S/C41H53F3P2.C38H24F4O4P2.C24H32P2.C5H10.Fe/c1-28-22-29(2)25-35(24-28)45(36-26-30(3)23-32(27-36)41(42,43)44)31(4)37-19-13-20-38(37)39-18-11-12-21-40(39)46(33-14-7-5-8-15-33)34-16-9-6-10-17-34;39-37(40)43-29-21-23-31(47(25-13-5-1-6-14-25)26-15-7-2-8-16-26)33(35(29)45-37)34-32(24-22-30-36(34)46-38(41,42)44-30)48(27-17-9-3-10-18-27)28-19-11-4-12-20-28;1-23(2,3)25-15-17-11-7-9-13-19(17)21(25)22-20-14-10-8-12-18(20)16-26(22)24(4,5)6;1-2-4-5-3-1;/h11-12,18,21-27,31,33-34,37-38H,5-10,13-17,19-20H2,1-4H3;1-24H;7-14,21-22H,15-16H2,1-6H3;1-5H2;/t31-,37?,38?,45?;;21-,22-,25+,26+;;/m1.1../s1. The van der Waals surface area contributed by atoms with E-state index in [1.807, 2.05) is 128 Å². The van der Waals surface area contributed by atoms with Gasteiger partial charge in [0.1, 0.15) is 0 Å². The largest absolute Gasteiger partial charge is 0.586 e. The van der Waals surface area contributed by atoms with Gasteiger partial charge in [-0.25, -0.2) is 0 Å². The molecule has 19 rings (SSSR count). The fourth-order valence-electron chi connectivity index (χ4n) is 21.1. The quantitative estimate of drug-likeness (QED) is 0.0549. The summed E-state index contributed by atoms with van der Waals surface area (Å²) in [6.07, 6.45) is 15.3. The van der Waals surface area contributed by atoms with Crippen molar-refractivity contribution in [2.45, 2.75) is 260 Å². The fourth-order valence-corrected chi connectivity index (χ4v) is 40.8. The van der Waals surface area contributed by atoms with E-state index in [1.54, 1.807) is 45.3 Å². The van der Waals surface area contributed by atoms with Gasteiger partial charge in [-0.15, -0.1) is 17.6 Å². The van der Waals surface area contributed by atoms with Crippen molar-refractivity contribution in [3.05, 3.63) is 305 Å². The van der Waals surface area contributed by atoms with Crippen LogP contribution in [0, 0.1) is 26.7 Å². The summed E-state index contributed by atoms with van der Waals surface area (Å²) in [5.41, 5.74) is 14.6. The van der Waals surface area contributed by atoms with Gasteiger partial charge in [0.15, 0.2) is 23.0 Å². The molecule has 0 spiro atoms. The van der Waals surface area contributed by atoms with Gasteiger partial charge in [0.2, 0.25) is 0 Å². The van der Waals surface area contributed by atoms with Crippen LogP contribution in [0.5, 0.6) is 23.0 Å². The van der Waals surface area contributed by atoms with Gasteiger partial charge in [-0.2, -0.15) is 13.2 Å². The molecule has 4 aliphatic heterocycles. The Morgan fingerprint density at radius 2 is 0.722 bits per heavy atom. The van der Waals surface area contributed by atoms with Crippen LogP contribution in [0.25, 0.3) is 11.1 Å². The summed E-state index contributed by atoms with van der Waals surface area (Å²) in [4.78, 5) is 0. The van der Waals surface area contributed by atoms with Gasteiger partial charge in [-0.1, -0.05) is 379 Å². The van der Waals surface area contributed by atoms with E-state index in [0.29, 0.717) is 38.3 Å². The monoisotopic (exact) mass is 1850 g/mol. The summed E-state index contributed by atoms with van der Waals surface area (Å²) in [5.74, 6) is -0.0212. The van der Waals surface area contributed by atoms with E-state index in [1.165, 1.54) is 162 Å². The summed E-state index contributed by atoms with van der Waals surface area (Å²) in [7, 11) is -4.27. The average molecular weight is 1860 g/mol. The summed E-state index contributed by atoms with van der Waals surface area (Å²) in [6.45, 7) is 23.4. The third-order valence-electron chi connectivity index (χ3n) is 26.6. The minimum absolute atomic E-state index is 0. The summed E-state index contributed by atoms with van der Waals surface area (Å²) in [6, 6.07) is 84.7. The van der Waals surface area contributed by atoms with Crippen LogP contribution in [-0.2, 0) is 35.6 Å². The van der Waals surface area contributed by atoms with Crippen molar-refractivity contribution in [3.63, 3.8) is 0 Å². The molecule has 4 fully saturated rings. The number of hydrogen-bond acceptors (Lipinski definition) is 4. The SMILES string of the molecule is C1CCCC1.CC(C)(C)[P@@]1Cc2ccccc2[C@@H]1[C@H]1c2ccccc2C[P@]1C(C)(C)C.Cc1cc(C)cc(P(c2cc(C)cc(C(F)(F)F)c2)[C@H](C)C2CCCC2c2ccccc2P(C2CCCCC2)C2CCCCC2)c1.FC1(F)Oc2ccc(P(c3ccccc3)c3ccccc3)c(-c3c(P(c4ccccc4)c4ccccc4)ccc4c3OC(F)(F)O4)c2O1.[Fe]. The molecule has 0 amide bonds. The van der Waals surface area contributed by atoms with Crippen LogP contribution in [0.3, 0.4) is 0 Å². The molecular formula is C108H119F7FeO4P6. The number of rotatable bonds is 16. The molecule has 11 aromatic rings. The van der Waals surface area contributed by atoms with Crippen molar-refractivity contribution in [3.8, 4) is 34.1 Å². The van der Waals surface area contributed by atoms with Crippen LogP contribution in [0.4, 0.5) is 30.7 Å². The Bertz CT molecular complexity index is 5150. The Labute approximate surface area is 762 Å². The van der Waals surface area contributed by atoms with Crippen LogP contribution in [-0.4, -0.2) is 39.9 Å². The molecule has 0 bridgehead atoms. The number of fused-ring (bicyclic) bond motifs is 4. The molecule has 4 saturated carbocycles. The van der Waals surface area contributed by atoms with Crippen LogP contribution in [0.15, 0.2) is 255 Å². The predicted molar refractivity (Wildman–Crippen MR) is 518 cm³/mol. The van der Waals surface area contributed by atoms with Crippen molar-refractivity contribution >= 4 is 95.3 Å². The molecule has 0 saturated heterocycles. The molecule has 0 radical (unpaired) electrons. The Morgan fingerprint density at radius 1 is 0.365 bits per heavy atom. The summed E-state index contributed by atoms with van der Waals surface area (Å²) in [5, 5.41) is 9.43. The zero-order valence-corrected chi connectivity index (χ0v) is 80.7. The summed E-state index contributed by atoms with van der Waals surface area (Å²) < 4.78 is 123. The molecule has 662 valence electrons. The topological polar surface area (TPSA) is 36.9 Å². The van der Waals surface area contributed by atoms with Crippen LogP contribution >= 0.6 is 47.5 Å². The number of aryl methyl sites for hydroxylation is 3. The Hall–Kier alpha value is -6.77. The van der Waals surface area contributed by atoms with E-state index >= 15 is 0 Å². The molecule has 3 unspecified atom stereocenters. The van der Waals surface area contributed by atoms with E-state index in [9.17, 15) is 30.7 Å². The second-order valence-electron chi connectivity index (χ2n) is 37.3. The van der Waals surface area contributed by atoms with Crippen molar-refractivity contribution < 1.29 is 66.7 Å². The van der Waals surface area contributed by atoms with Gasteiger partial charge in [0.05, 0.1) is 5.56 Å². The molecule has 126 heavy (non-hydrogen) atoms. The molecular weight excluding hydrogens is 1740 g/mol. The second kappa shape index (κ2) is 40.5. The Morgan fingerprint density at radius 3 is 1.12 bits per heavy atom. The minimum atomic E-state index is -4.35. The summed E-state index contributed by atoms with van der Waals surface area (Å²) >= 11 is 0. The van der Waals surface area contributed by atoms with E-state index < -0.39 is 48.1 Å². The smallest absolute Gasteiger partial charge is 0.395 e. The van der Waals surface area contributed by atoms with Gasteiger partial charge in [0.25, 0.3) is 0 Å². The van der Waals surface area contributed by atoms with Crippen LogP contribution in [0.1, 0.15) is 231 Å². The van der Waals surface area contributed by atoms with E-state index in [-0.39, 0.29) is 80.6 Å². The van der Waals surface area contributed by atoms with E-state index in [2.05, 4.69) is 159 Å². The van der Waals surface area contributed by atoms with Gasteiger partial charge < -0.3 is 18.9 Å². The molecule has 8 aliphatic rings. The molecule has 11 aromatic carbocycles. The van der Waals surface area contributed by atoms with Crippen LogP contribution in [0.2, 0.25) is 0 Å². The maximum absolute atomic E-state index is 15.0. The molecule has 18 heteroatoms. The van der Waals surface area contributed by atoms with Gasteiger partial charge in [-0.3, -0.25) is 0 Å². The number of alkyl halides is 7. The van der Waals surface area contributed by atoms with Gasteiger partial charge in [-0.05, 0) is 252 Å². The molecule has 4 nitrogen and oxygen atoms in total. The zero-order chi connectivity index (χ0) is 87.5. The molecule has 8 atom stereocenters. The first-order valence-electron chi connectivity index (χ1n) is 45.3. The Kier molecular flexibility index (Phi) is 30.2. The van der Waals surface area contributed by atoms with E-state index in [4.69, 9.17) is 18.9 Å². The predicted octanol–water partition coefficient (Wildman–Crippen LogP) is 29.3. The van der Waals surface area contributed by atoms with Crippen molar-refractivity contribution in [2.24, 2.45) is 5.92 Å². The Balaban J connectivity index is 0.000000146. The maximum atomic E-state index is 15.0. The number of hydrogen-bond donors (Lipinski definition) is 0. The average Bonchev–Trinajstić information content (AvgIpc) is 1.44. The maximum Gasteiger partial charge on any atom is 0.586 e. The third kappa shape index (κ3) is 21.2. The van der Waals surface area contributed by atoms with Gasteiger partial charge in [0, 0.05) is 39.5 Å². The van der Waals surface area contributed by atoms with Crippen molar-refractivity contribution in [1.82, 2.24) is 0 Å². The van der Waals surface area contributed by atoms with Gasteiger partial charge >= 0.3 is 18.8 Å².